The molecule has 0 aromatic heterocycles. The van der Waals surface area contributed by atoms with Crippen LogP contribution in [0.4, 0.5) is 10.1 Å². The lowest BCUT2D eigenvalue weighted by atomic mass is 10.0. The molecule has 0 heterocycles. The van der Waals surface area contributed by atoms with E-state index in [1.54, 1.807) is 32.0 Å². The number of halogens is 2. The van der Waals surface area contributed by atoms with Gasteiger partial charge in [-0.05, 0) is 45.3 Å². The van der Waals surface area contributed by atoms with Gasteiger partial charge in [0.15, 0.2) is 0 Å². The molecule has 6 nitrogen and oxygen atoms in total. The lowest BCUT2D eigenvalue weighted by Gasteiger charge is -2.26. The molecule has 1 unspecified atom stereocenters. The van der Waals surface area contributed by atoms with Crippen LogP contribution in [-0.2, 0) is 0 Å². The number of amides is 1. The van der Waals surface area contributed by atoms with Gasteiger partial charge in [-0.2, -0.15) is 0 Å². The Labute approximate surface area is 155 Å². The van der Waals surface area contributed by atoms with Crippen LogP contribution < -0.4 is 5.32 Å². The van der Waals surface area contributed by atoms with Crippen molar-refractivity contribution in [2.75, 3.05) is 20.6 Å². The highest BCUT2D eigenvalue weighted by molar-refractivity contribution is 6.31. The predicted octanol–water partition coefficient (Wildman–Crippen LogP) is 3.73. The van der Waals surface area contributed by atoms with E-state index in [0.29, 0.717) is 16.7 Å². The number of nitrogens with one attached hydrogen (secondary N) is 1. The van der Waals surface area contributed by atoms with Crippen molar-refractivity contribution in [2.24, 2.45) is 0 Å². The van der Waals surface area contributed by atoms with Crippen molar-refractivity contribution in [3.05, 3.63) is 74.0 Å². The fourth-order valence-electron chi connectivity index (χ4n) is 2.66. The van der Waals surface area contributed by atoms with Crippen molar-refractivity contribution in [1.29, 1.82) is 0 Å². The fourth-order valence-corrected chi connectivity index (χ4v) is 2.95. The number of benzene rings is 2. The summed E-state index contributed by atoms with van der Waals surface area (Å²) in [7, 11) is 3.52. The van der Waals surface area contributed by atoms with Crippen molar-refractivity contribution >= 4 is 23.2 Å². The van der Waals surface area contributed by atoms with Crippen molar-refractivity contribution in [2.45, 2.75) is 13.0 Å². The van der Waals surface area contributed by atoms with E-state index in [9.17, 15) is 19.3 Å². The number of carbonyl (C=O) groups excluding carboxylic acids is 1. The van der Waals surface area contributed by atoms with Crippen LogP contribution in [0.5, 0.6) is 0 Å². The summed E-state index contributed by atoms with van der Waals surface area (Å²) in [6.07, 6.45) is 0. The first kappa shape index (κ1) is 19.8. The Morgan fingerprint density at radius 1 is 1.35 bits per heavy atom. The van der Waals surface area contributed by atoms with Gasteiger partial charge in [-0.15, -0.1) is 0 Å². The highest BCUT2D eigenvalue weighted by Crippen LogP contribution is 2.28. The van der Waals surface area contributed by atoms with Gasteiger partial charge in [-0.25, -0.2) is 4.39 Å². The molecule has 0 aliphatic heterocycles. The zero-order chi connectivity index (χ0) is 19.4. The number of hydrogen-bond donors (Lipinski definition) is 1. The molecule has 0 spiro atoms. The fraction of sp³-hybridized carbons (Fsp3) is 0.278. The minimum atomic E-state index is -0.501. The molecule has 0 saturated heterocycles. The number of aryl methyl sites for hydroxylation is 1. The summed E-state index contributed by atoms with van der Waals surface area (Å²) < 4.78 is 14.2. The van der Waals surface area contributed by atoms with Gasteiger partial charge >= 0.3 is 0 Å². The van der Waals surface area contributed by atoms with Crippen molar-refractivity contribution in [3.63, 3.8) is 0 Å². The van der Waals surface area contributed by atoms with Crippen molar-refractivity contribution in [3.8, 4) is 0 Å². The molecular formula is C18H19ClFN3O3. The Bertz CT molecular complexity index is 822. The first-order valence-corrected chi connectivity index (χ1v) is 8.23. The molecule has 0 bridgehead atoms. The summed E-state index contributed by atoms with van der Waals surface area (Å²) in [6.45, 7) is 1.69. The molecule has 8 heteroatoms. The minimum Gasteiger partial charge on any atom is -0.350 e. The molecule has 1 atom stereocenters. The monoisotopic (exact) mass is 379 g/mol. The summed E-state index contributed by atoms with van der Waals surface area (Å²) in [4.78, 5) is 24.5. The van der Waals surface area contributed by atoms with E-state index in [0.717, 1.165) is 0 Å². The number of likely N-dealkylation sites (N-methyl/N-ethyl adjacent to an activating group) is 1. The first-order valence-electron chi connectivity index (χ1n) is 7.86. The van der Waals surface area contributed by atoms with E-state index in [-0.39, 0.29) is 17.3 Å². The molecule has 2 aromatic rings. The molecule has 0 fully saturated rings. The maximum Gasteiger partial charge on any atom is 0.272 e. The highest BCUT2D eigenvalue weighted by Gasteiger charge is 2.22. The number of carbonyl (C=O) groups is 1. The Morgan fingerprint density at radius 3 is 2.58 bits per heavy atom. The summed E-state index contributed by atoms with van der Waals surface area (Å²) in [5, 5.41) is 13.9. The van der Waals surface area contributed by atoms with Gasteiger partial charge in [0.2, 0.25) is 0 Å². The lowest BCUT2D eigenvalue weighted by molar-refractivity contribution is -0.385. The summed E-state index contributed by atoms with van der Waals surface area (Å²) in [6, 6.07) is 8.10. The van der Waals surface area contributed by atoms with Crippen LogP contribution in [0.15, 0.2) is 36.4 Å². The summed E-state index contributed by atoms with van der Waals surface area (Å²) >= 11 is 6.13. The molecule has 26 heavy (non-hydrogen) atoms. The van der Waals surface area contributed by atoms with Crippen LogP contribution >= 0.6 is 11.6 Å². The number of nitro benzene ring substituents is 1. The van der Waals surface area contributed by atoms with Gasteiger partial charge in [0.1, 0.15) is 5.82 Å². The van der Waals surface area contributed by atoms with Crippen LogP contribution in [0.3, 0.4) is 0 Å². The third kappa shape index (κ3) is 4.36. The maximum absolute atomic E-state index is 14.2. The standard InChI is InChI=1S/C18H19ClFN3O3/c1-11-9-12(7-8-15(11)23(25)26)18(24)21-10-16(22(2)3)17-13(19)5-4-6-14(17)20/h4-9,16H,10H2,1-3H3,(H,21,24). The number of nitrogens with zero attached hydrogens (tertiary/aromatic N) is 2. The average Bonchev–Trinajstić information content (AvgIpc) is 2.56. The van der Waals surface area contributed by atoms with Gasteiger partial charge in [-0.1, -0.05) is 17.7 Å². The molecule has 2 aromatic carbocycles. The Morgan fingerprint density at radius 2 is 2.04 bits per heavy atom. The number of rotatable bonds is 6. The Hall–Kier alpha value is -2.51. The second-order valence-electron chi connectivity index (χ2n) is 6.08. The SMILES string of the molecule is Cc1cc(C(=O)NCC(c2c(F)cccc2Cl)N(C)C)ccc1[N+](=O)[O-]. The van der Waals surface area contributed by atoms with E-state index < -0.39 is 22.7 Å². The Kier molecular flexibility index (Phi) is 6.28. The van der Waals surface area contributed by atoms with Crippen LogP contribution in [0.1, 0.15) is 27.5 Å². The van der Waals surface area contributed by atoms with Crippen molar-refractivity contribution < 1.29 is 14.1 Å². The van der Waals surface area contributed by atoms with E-state index in [1.165, 1.54) is 30.3 Å². The minimum absolute atomic E-state index is 0.0501. The van der Waals surface area contributed by atoms with Crippen molar-refractivity contribution in [1.82, 2.24) is 10.2 Å². The third-order valence-corrected chi connectivity index (χ3v) is 4.40. The van der Waals surface area contributed by atoms with Crippen LogP contribution in [0.2, 0.25) is 5.02 Å². The smallest absolute Gasteiger partial charge is 0.272 e. The predicted molar refractivity (Wildman–Crippen MR) is 98.0 cm³/mol. The number of hydrogen-bond acceptors (Lipinski definition) is 4. The molecule has 2 rings (SSSR count). The normalized spacial score (nSPS) is 12.1. The largest absolute Gasteiger partial charge is 0.350 e. The number of nitro groups is 1. The molecule has 0 radical (unpaired) electrons. The van der Waals surface area contributed by atoms with Crippen LogP contribution in [0, 0.1) is 22.9 Å². The second kappa shape index (κ2) is 8.25. The molecule has 0 saturated carbocycles. The van der Waals surface area contributed by atoms with E-state index in [4.69, 9.17) is 11.6 Å². The highest BCUT2D eigenvalue weighted by atomic mass is 35.5. The Balaban J connectivity index is 2.18. The first-order chi connectivity index (χ1) is 12.2. The van der Waals surface area contributed by atoms with Gasteiger partial charge in [0, 0.05) is 34.3 Å². The lowest BCUT2D eigenvalue weighted by Crippen LogP contribution is -2.35. The third-order valence-electron chi connectivity index (χ3n) is 4.07. The molecule has 0 aliphatic carbocycles. The zero-order valence-electron chi connectivity index (χ0n) is 14.6. The molecule has 138 valence electrons. The van der Waals surface area contributed by atoms with Gasteiger partial charge in [-0.3, -0.25) is 14.9 Å². The topological polar surface area (TPSA) is 75.5 Å². The molecule has 1 amide bonds. The molecular weight excluding hydrogens is 361 g/mol. The van der Waals surface area contributed by atoms with E-state index >= 15 is 0 Å². The summed E-state index contributed by atoms with van der Waals surface area (Å²) in [5.74, 6) is -0.848. The molecule has 0 aliphatic rings. The maximum atomic E-state index is 14.2. The average molecular weight is 380 g/mol. The second-order valence-corrected chi connectivity index (χ2v) is 6.49. The van der Waals surface area contributed by atoms with Gasteiger partial charge < -0.3 is 10.2 Å². The molecule has 1 N–H and O–H groups in total. The summed E-state index contributed by atoms with van der Waals surface area (Å²) in [5.41, 5.74) is 0.944. The van der Waals surface area contributed by atoms with E-state index in [1.807, 2.05) is 0 Å². The van der Waals surface area contributed by atoms with E-state index in [2.05, 4.69) is 5.32 Å². The zero-order valence-corrected chi connectivity index (χ0v) is 15.4. The van der Waals surface area contributed by atoms with Gasteiger partial charge in [0.05, 0.1) is 11.0 Å². The van der Waals surface area contributed by atoms with Gasteiger partial charge in [0.25, 0.3) is 11.6 Å². The quantitative estimate of drug-likeness (QED) is 0.613. The van der Waals surface area contributed by atoms with Crippen LogP contribution in [-0.4, -0.2) is 36.4 Å². The van der Waals surface area contributed by atoms with Crippen LogP contribution in [0.25, 0.3) is 0 Å².